The van der Waals surface area contributed by atoms with Crippen molar-refractivity contribution in [2.45, 2.75) is 50.2 Å². The van der Waals surface area contributed by atoms with Crippen LogP contribution in [0.4, 0.5) is 5.69 Å². The number of aliphatic carboxylic acids is 1. The Morgan fingerprint density at radius 2 is 1.59 bits per heavy atom. The van der Waals surface area contributed by atoms with E-state index in [4.69, 9.17) is 16.6 Å². The number of nitrogens with one attached hydrogen (secondary N) is 3. The van der Waals surface area contributed by atoms with Gasteiger partial charge in [-0.15, -0.1) is 0 Å². The average molecular weight is 535 g/mol. The second-order valence-electron chi connectivity index (χ2n) is 9.19. The molecule has 39 heavy (non-hydrogen) atoms. The number of aromatic nitrogens is 1. The van der Waals surface area contributed by atoms with Crippen molar-refractivity contribution in [3.05, 3.63) is 72.4 Å². The minimum Gasteiger partial charge on any atom is -0.480 e. The highest BCUT2D eigenvalue weighted by Gasteiger charge is 2.28. The van der Waals surface area contributed by atoms with Crippen molar-refractivity contribution in [2.75, 3.05) is 11.9 Å². The van der Waals surface area contributed by atoms with Gasteiger partial charge in [-0.2, -0.15) is 0 Å². The molecule has 3 aromatic rings. The number of anilines is 1. The summed E-state index contributed by atoms with van der Waals surface area (Å²) in [4.78, 5) is 54.3. The van der Waals surface area contributed by atoms with Gasteiger partial charge in [0.05, 0.1) is 23.8 Å². The van der Waals surface area contributed by atoms with E-state index in [2.05, 4.69) is 20.9 Å². The lowest BCUT2D eigenvalue weighted by Crippen LogP contribution is -2.53. The summed E-state index contributed by atoms with van der Waals surface area (Å²) in [5.41, 5.74) is 13.3. The third kappa shape index (κ3) is 9.16. The minimum atomic E-state index is -1.40. The number of aryl methyl sites for hydroxylation is 1. The summed E-state index contributed by atoms with van der Waals surface area (Å²) in [6.45, 7) is 0.279. The molecule has 0 unspecified atom stereocenters. The van der Waals surface area contributed by atoms with Crippen molar-refractivity contribution >= 4 is 40.3 Å². The molecule has 3 rings (SSSR count). The van der Waals surface area contributed by atoms with Crippen molar-refractivity contribution in [2.24, 2.45) is 11.5 Å². The number of para-hydroxylation sites is 1. The first-order chi connectivity index (χ1) is 18.8. The zero-order valence-corrected chi connectivity index (χ0v) is 21.5. The first kappa shape index (κ1) is 29.2. The largest absolute Gasteiger partial charge is 0.480 e. The fourth-order valence-corrected chi connectivity index (χ4v) is 4.00. The van der Waals surface area contributed by atoms with E-state index >= 15 is 0 Å². The Labute approximate surface area is 226 Å². The van der Waals surface area contributed by atoms with Crippen molar-refractivity contribution in [1.29, 1.82) is 0 Å². The third-order valence-corrected chi connectivity index (χ3v) is 6.13. The van der Waals surface area contributed by atoms with Gasteiger partial charge in [0.2, 0.25) is 17.7 Å². The van der Waals surface area contributed by atoms with Gasteiger partial charge in [0.25, 0.3) is 0 Å². The van der Waals surface area contributed by atoms with E-state index in [9.17, 15) is 19.2 Å². The maximum absolute atomic E-state index is 13.3. The highest BCUT2D eigenvalue weighted by molar-refractivity contribution is 5.99. The highest BCUT2D eigenvalue weighted by atomic mass is 16.4. The Kier molecular flexibility index (Phi) is 10.9. The number of amides is 3. The van der Waals surface area contributed by atoms with Crippen LogP contribution < -0.4 is 27.4 Å². The number of fused-ring (bicyclic) bond motifs is 1. The van der Waals surface area contributed by atoms with Crippen LogP contribution >= 0.6 is 0 Å². The predicted octanol–water partition coefficient (Wildman–Crippen LogP) is 1.32. The van der Waals surface area contributed by atoms with Crippen LogP contribution in [0.2, 0.25) is 0 Å². The van der Waals surface area contributed by atoms with E-state index in [1.54, 1.807) is 12.3 Å². The quantitative estimate of drug-likeness (QED) is 0.178. The van der Waals surface area contributed by atoms with Crippen molar-refractivity contribution in [1.82, 2.24) is 15.6 Å². The van der Waals surface area contributed by atoms with Crippen molar-refractivity contribution < 1.29 is 24.3 Å². The molecule has 0 fully saturated rings. The van der Waals surface area contributed by atoms with Gasteiger partial charge in [-0.25, -0.2) is 0 Å². The molecule has 1 heterocycles. The third-order valence-electron chi connectivity index (χ3n) is 6.13. The zero-order chi connectivity index (χ0) is 28.2. The molecule has 11 nitrogen and oxygen atoms in total. The number of pyridine rings is 1. The summed E-state index contributed by atoms with van der Waals surface area (Å²) in [6, 6.07) is 15.5. The normalized spacial score (nSPS) is 13.2. The number of benzene rings is 2. The van der Waals surface area contributed by atoms with Crippen LogP contribution in [0.3, 0.4) is 0 Å². The van der Waals surface area contributed by atoms with Gasteiger partial charge in [-0.1, -0.05) is 48.5 Å². The van der Waals surface area contributed by atoms with E-state index in [0.717, 1.165) is 16.5 Å². The number of rotatable bonds is 14. The van der Waals surface area contributed by atoms with Crippen LogP contribution in [0, 0.1) is 0 Å². The minimum absolute atomic E-state index is 0.206. The SMILES string of the molecule is NCCC[C@H](NC(=O)C[C@H](N)C(=O)O)C(=O)N[C@H](CCc1ccccc1)C(=O)Nc1cnc2ccccc2c1. The monoisotopic (exact) mass is 534 g/mol. The first-order valence-electron chi connectivity index (χ1n) is 12.7. The molecule has 11 heteroatoms. The van der Waals surface area contributed by atoms with Crippen LogP contribution in [0.15, 0.2) is 66.9 Å². The molecule has 3 atom stereocenters. The van der Waals surface area contributed by atoms with Crippen LogP contribution in [0.5, 0.6) is 0 Å². The number of hydrogen-bond acceptors (Lipinski definition) is 7. The summed E-state index contributed by atoms with van der Waals surface area (Å²) in [5.74, 6) is -3.03. The van der Waals surface area contributed by atoms with Gasteiger partial charge in [0.1, 0.15) is 18.1 Å². The molecule has 0 spiro atoms. The van der Waals surface area contributed by atoms with Crippen LogP contribution in [-0.2, 0) is 25.6 Å². The number of carbonyl (C=O) groups excluding carboxylic acids is 3. The second-order valence-corrected chi connectivity index (χ2v) is 9.19. The van der Waals surface area contributed by atoms with Crippen molar-refractivity contribution in [3.8, 4) is 0 Å². The van der Waals surface area contributed by atoms with Gasteiger partial charge < -0.3 is 32.5 Å². The van der Waals surface area contributed by atoms with Crippen LogP contribution in [0.1, 0.15) is 31.2 Å². The standard InChI is InChI=1S/C28H34N6O5/c29-14-6-11-23(33-25(35)16-21(30)28(38)39)27(37)34-24(13-12-18-7-2-1-3-8-18)26(36)32-20-15-19-9-4-5-10-22(19)31-17-20/h1-5,7-10,15,17,21,23-24H,6,11-14,16,29-30H2,(H,32,36)(H,33,35)(H,34,37)(H,38,39)/t21-,23-,24+/m0/s1. The molecular weight excluding hydrogens is 500 g/mol. The maximum atomic E-state index is 13.3. The molecule has 0 aliphatic carbocycles. The number of carbonyl (C=O) groups is 4. The summed E-state index contributed by atoms with van der Waals surface area (Å²) in [7, 11) is 0. The molecule has 1 aromatic heterocycles. The number of hydrogen-bond donors (Lipinski definition) is 6. The molecular formula is C28H34N6O5. The molecule has 0 saturated carbocycles. The highest BCUT2D eigenvalue weighted by Crippen LogP contribution is 2.17. The van der Waals surface area contributed by atoms with E-state index in [0.29, 0.717) is 24.9 Å². The topological polar surface area (TPSA) is 190 Å². The first-order valence-corrected chi connectivity index (χ1v) is 12.7. The maximum Gasteiger partial charge on any atom is 0.321 e. The van der Waals surface area contributed by atoms with E-state index in [1.807, 2.05) is 54.6 Å². The van der Waals surface area contributed by atoms with Crippen LogP contribution in [0.25, 0.3) is 10.9 Å². The lowest BCUT2D eigenvalue weighted by Gasteiger charge is -2.23. The average Bonchev–Trinajstić information content (AvgIpc) is 2.93. The Morgan fingerprint density at radius 3 is 2.31 bits per heavy atom. The summed E-state index contributed by atoms with van der Waals surface area (Å²) in [5, 5.41) is 18.0. The number of nitrogens with two attached hydrogens (primary N) is 2. The fourth-order valence-electron chi connectivity index (χ4n) is 4.00. The molecule has 0 saturated heterocycles. The van der Waals surface area contributed by atoms with Gasteiger partial charge in [-0.05, 0) is 49.9 Å². The number of carboxylic acids is 1. The lowest BCUT2D eigenvalue weighted by atomic mass is 10.0. The van der Waals surface area contributed by atoms with E-state index in [-0.39, 0.29) is 13.0 Å². The molecule has 2 aromatic carbocycles. The van der Waals surface area contributed by atoms with Crippen LogP contribution in [-0.4, -0.2) is 58.5 Å². The van der Waals surface area contributed by atoms with Crippen molar-refractivity contribution in [3.63, 3.8) is 0 Å². The molecule has 0 radical (unpaired) electrons. The lowest BCUT2D eigenvalue weighted by molar-refractivity contribution is -0.140. The zero-order valence-electron chi connectivity index (χ0n) is 21.5. The van der Waals surface area contributed by atoms with E-state index in [1.165, 1.54) is 0 Å². The number of carboxylic acid groups (broad SMARTS) is 1. The molecule has 0 aliphatic rings. The molecule has 0 bridgehead atoms. The summed E-state index contributed by atoms with van der Waals surface area (Å²) in [6.07, 6.45) is 2.50. The molecule has 8 N–H and O–H groups in total. The summed E-state index contributed by atoms with van der Waals surface area (Å²) >= 11 is 0. The molecule has 0 aliphatic heterocycles. The molecule has 206 valence electrons. The Balaban J connectivity index is 1.75. The Bertz CT molecular complexity index is 1290. The summed E-state index contributed by atoms with van der Waals surface area (Å²) < 4.78 is 0. The van der Waals surface area contributed by atoms with Gasteiger partial charge in [-0.3, -0.25) is 24.2 Å². The Hall–Kier alpha value is -4.35. The van der Waals surface area contributed by atoms with E-state index < -0.39 is 48.2 Å². The fraction of sp³-hybridized carbons (Fsp3) is 0.321. The van der Waals surface area contributed by atoms with Gasteiger partial charge >= 0.3 is 5.97 Å². The predicted molar refractivity (Wildman–Crippen MR) is 148 cm³/mol. The number of nitrogens with zero attached hydrogens (tertiary/aromatic N) is 1. The van der Waals surface area contributed by atoms with Gasteiger partial charge in [0.15, 0.2) is 0 Å². The van der Waals surface area contributed by atoms with Gasteiger partial charge in [0, 0.05) is 5.39 Å². The smallest absolute Gasteiger partial charge is 0.321 e. The molecule has 3 amide bonds. The Morgan fingerprint density at radius 1 is 0.897 bits per heavy atom. The second kappa shape index (κ2) is 14.6.